The quantitative estimate of drug-likeness (QED) is 0.727. The van der Waals surface area contributed by atoms with Gasteiger partial charge in [-0.05, 0) is 13.3 Å². The highest BCUT2D eigenvalue weighted by atomic mass is 19.3. The van der Waals surface area contributed by atoms with Crippen LogP contribution in [-0.4, -0.2) is 29.4 Å². The molecule has 2 unspecified atom stereocenters. The summed E-state index contributed by atoms with van der Waals surface area (Å²) < 4.78 is 32.8. The molecule has 4 nitrogen and oxygen atoms in total. The maximum Gasteiger partial charge on any atom is 0.332 e. The van der Waals surface area contributed by atoms with Gasteiger partial charge in [0, 0.05) is 25.2 Å². The van der Waals surface area contributed by atoms with Gasteiger partial charge in [0.1, 0.15) is 11.6 Å². The van der Waals surface area contributed by atoms with Gasteiger partial charge in [-0.1, -0.05) is 6.92 Å². The molecule has 2 rings (SSSR count). The number of carbonyl (C=O) groups is 2. The summed E-state index contributed by atoms with van der Waals surface area (Å²) in [5.74, 6) is -5.40. The molecule has 0 radical (unpaired) electrons. The lowest BCUT2D eigenvalue weighted by Gasteiger charge is -2.43. The van der Waals surface area contributed by atoms with Crippen LogP contribution in [0, 0.1) is 11.8 Å². The minimum Gasteiger partial charge on any atom is -0.461 e. The number of alkyl halides is 2. The Hall–Kier alpha value is -1.20. The fourth-order valence-corrected chi connectivity index (χ4v) is 3.11. The molecule has 1 saturated carbocycles. The van der Waals surface area contributed by atoms with Crippen molar-refractivity contribution in [3.8, 4) is 0 Å². The summed E-state index contributed by atoms with van der Waals surface area (Å²) in [6.07, 6.45) is -0.947. The zero-order chi connectivity index (χ0) is 13.7. The maximum absolute atomic E-state index is 13.9. The Morgan fingerprint density at radius 1 is 1.44 bits per heavy atom. The molecule has 0 bridgehead atoms. The standard InChI is InChI=1S/C12H17F2NO3/c1-6-4-9-7(2)18-10(17)11(9,15-8(3)16)5-12(6,13)14/h6-7,9H,4-5H2,1-3H3,(H,15,16)/t6?,7?,9-,11+/m1/s1. The van der Waals surface area contributed by atoms with Crippen LogP contribution in [0.3, 0.4) is 0 Å². The van der Waals surface area contributed by atoms with Crippen LogP contribution in [0.25, 0.3) is 0 Å². The molecule has 1 N–H and O–H groups in total. The number of fused-ring (bicyclic) bond motifs is 1. The number of rotatable bonds is 1. The Kier molecular flexibility index (Phi) is 2.87. The third-order valence-corrected chi connectivity index (χ3v) is 4.10. The number of carbonyl (C=O) groups excluding carboxylic acids is 2. The van der Waals surface area contributed by atoms with Crippen molar-refractivity contribution < 1.29 is 23.1 Å². The van der Waals surface area contributed by atoms with Crippen molar-refractivity contribution in [2.75, 3.05) is 0 Å². The van der Waals surface area contributed by atoms with Crippen molar-refractivity contribution in [2.45, 2.75) is 51.2 Å². The van der Waals surface area contributed by atoms with Crippen molar-refractivity contribution in [1.29, 1.82) is 0 Å². The summed E-state index contributed by atoms with van der Waals surface area (Å²) in [5.41, 5.74) is -1.55. The summed E-state index contributed by atoms with van der Waals surface area (Å²) in [4.78, 5) is 23.1. The molecule has 1 aliphatic heterocycles. The fourth-order valence-electron chi connectivity index (χ4n) is 3.11. The van der Waals surface area contributed by atoms with Crippen LogP contribution in [0.5, 0.6) is 0 Å². The number of halogens is 2. The number of amides is 1. The van der Waals surface area contributed by atoms with Gasteiger partial charge in [-0.3, -0.25) is 4.79 Å². The third kappa shape index (κ3) is 1.78. The van der Waals surface area contributed by atoms with Crippen LogP contribution in [0.15, 0.2) is 0 Å². The molecule has 0 spiro atoms. The van der Waals surface area contributed by atoms with Gasteiger partial charge in [0.05, 0.1) is 0 Å². The van der Waals surface area contributed by atoms with E-state index in [1.807, 2.05) is 0 Å². The van der Waals surface area contributed by atoms with E-state index in [1.54, 1.807) is 6.92 Å². The van der Waals surface area contributed by atoms with Gasteiger partial charge in [0.15, 0.2) is 0 Å². The molecule has 2 aliphatic rings. The van der Waals surface area contributed by atoms with E-state index in [0.717, 1.165) is 0 Å². The highest BCUT2D eigenvalue weighted by Gasteiger charge is 2.65. The predicted octanol–water partition coefficient (Wildman–Crippen LogP) is 1.49. The number of esters is 1. The molecule has 18 heavy (non-hydrogen) atoms. The van der Waals surface area contributed by atoms with E-state index in [0.29, 0.717) is 0 Å². The van der Waals surface area contributed by atoms with E-state index in [1.165, 1.54) is 13.8 Å². The van der Waals surface area contributed by atoms with Crippen LogP contribution in [0.4, 0.5) is 8.78 Å². The maximum atomic E-state index is 13.9. The van der Waals surface area contributed by atoms with Gasteiger partial charge >= 0.3 is 5.97 Å². The second kappa shape index (κ2) is 3.90. The Bertz CT molecular complexity index is 399. The second-order valence-electron chi connectivity index (χ2n) is 5.44. The summed E-state index contributed by atoms with van der Waals surface area (Å²) in [5, 5.41) is 2.42. The van der Waals surface area contributed by atoms with E-state index in [-0.39, 0.29) is 12.3 Å². The monoisotopic (exact) mass is 261 g/mol. The molecule has 0 aromatic heterocycles. The smallest absolute Gasteiger partial charge is 0.332 e. The van der Waals surface area contributed by atoms with E-state index in [2.05, 4.69) is 5.32 Å². The Morgan fingerprint density at radius 2 is 2.06 bits per heavy atom. The van der Waals surface area contributed by atoms with Gasteiger partial charge in [-0.15, -0.1) is 0 Å². The average Bonchev–Trinajstić information content (AvgIpc) is 2.40. The van der Waals surface area contributed by atoms with Gasteiger partial charge in [0.2, 0.25) is 5.91 Å². The molecule has 0 aromatic rings. The van der Waals surface area contributed by atoms with E-state index in [9.17, 15) is 18.4 Å². The normalized spacial score (nSPS) is 42.1. The Morgan fingerprint density at radius 3 is 2.61 bits per heavy atom. The predicted molar refractivity (Wildman–Crippen MR) is 58.9 cm³/mol. The number of cyclic esters (lactones) is 1. The molecular weight excluding hydrogens is 244 g/mol. The van der Waals surface area contributed by atoms with Crippen LogP contribution in [0.2, 0.25) is 0 Å². The minimum atomic E-state index is -2.97. The topological polar surface area (TPSA) is 55.4 Å². The molecule has 1 amide bonds. The van der Waals surface area contributed by atoms with Gasteiger partial charge in [-0.2, -0.15) is 0 Å². The van der Waals surface area contributed by atoms with Crippen molar-refractivity contribution >= 4 is 11.9 Å². The zero-order valence-corrected chi connectivity index (χ0v) is 10.6. The summed E-state index contributed by atoms with van der Waals surface area (Å²) in [7, 11) is 0. The lowest BCUT2D eigenvalue weighted by Crippen LogP contribution is -2.63. The van der Waals surface area contributed by atoms with Gasteiger partial charge in [-0.25, -0.2) is 13.6 Å². The van der Waals surface area contributed by atoms with Crippen molar-refractivity contribution in [1.82, 2.24) is 5.32 Å². The SMILES string of the molecule is CC(=O)N[C@@]12CC(F)(F)C(C)C[C@@H]1C(C)OC2=O. The number of nitrogens with one attached hydrogen (secondary N) is 1. The number of hydrogen-bond acceptors (Lipinski definition) is 3. The average molecular weight is 261 g/mol. The van der Waals surface area contributed by atoms with E-state index >= 15 is 0 Å². The first-order valence-corrected chi connectivity index (χ1v) is 6.07. The van der Waals surface area contributed by atoms with E-state index < -0.39 is 41.8 Å². The molecule has 102 valence electrons. The summed E-state index contributed by atoms with van der Waals surface area (Å²) >= 11 is 0. The zero-order valence-electron chi connectivity index (χ0n) is 10.6. The van der Waals surface area contributed by atoms with Crippen LogP contribution in [-0.2, 0) is 14.3 Å². The van der Waals surface area contributed by atoms with Crippen LogP contribution in [0.1, 0.15) is 33.6 Å². The first-order chi connectivity index (χ1) is 8.19. The molecule has 1 aliphatic carbocycles. The minimum absolute atomic E-state index is 0.167. The first kappa shape index (κ1) is 13.2. The molecule has 2 fully saturated rings. The molecule has 1 saturated heterocycles. The number of hydrogen-bond donors (Lipinski definition) is 1. The molecule has 0 aromatic carbocycles. The summed E-state index contributed by atoms with van der Waals surface area (Å²) in [6.45, 7) is 4.37. The Labute approximate surface area is 104 Å². The molecule has 1 heterocycles. The van der Waals surface area contributed by atoms with Crippen LogP contribution < -0.4 is 5.32 Å². The first-order valence-electron chi connectivity index (χ1n) is 6.07. The lowest BCUT2D eigenvalue weighted by atomic mass is 9.67. The molecular formula is C12H17F2NO3. The Balaban J connectivity index is 2.40. The fraction of sp³-hybridized carbons (Fsp3) is 0.833. The lowest BCUT2D eigenvalue weighted by molar-refractivity contribution is -0.157. The molecule has 6 heteroatoms. The van der Waals surface area contributed by atoms with E-state index in [4.69, 9.17) is 4.74 Å². The van der Waals surface area contributed by atoms with Gasteiger partial charge in [0.25, 0.3) is 5.92 Å². The van der Waals surface area contributed by atoms with Crippen molar-refractivity contribution in [3.05, 3.63) is 0 Å². The second-order valence-corrected chi connectivity index (χ2v) is 5.44. The molecule has 4 atom stereocenters. The highest BCUT2D eigenvalue weighted by Crippen LogP contribution is 2.51. The highest BCUT2D eigenvalue weighted by molar-refractivity contribution is 5.89. The number of ether oxygens (including phenoxy) is 1. The summed E-state index contributed by atoms with van der Waals surface area (Å²) in [6, 6.07) is 0. The van der Waals surface area contributed by atoms with Crippen molar-refractivity contribution in [3.63, 3.8) is 0 Å². The van der Waals surface area contributed by atoms with Crippen LogP contribution >= 0.6 is 0 Å². The van der Waals surface area contributed by atoms with Crippen molar-refractivity contribution in [2.24, 2.45) is 11.8 Å². The van der Waals surface area contributed by atoms with Gasteiger partial charge < -0.3 is 10.1 Å². The third-order valence-electron chi connectivity index (χ3n) is 4.10. The largest absolute Gasteiger partial charge is 0.461 e.